The van der Waals surface area contributed by atoms with Crippen molar-refractivity contribution in [2.45, 2.75) is 11.3 Å². The van der Waals surface area contributed by atoms with Gasteiger partial charge in [-0.2, -0.15) is 5.10 Å². The fraction of sp³-hybridized carbons (Fsp3) is 0.129. The third-order valence-corrected chi connectivity index (χ3v) is 8.66. The molecule has 1 N–H and O–H groups in total. The van der Waals surface area contributed by atoms with Crippen LogP contribution in [0.5, 0.6) is 0 Å². The maximum atomic E-state index is 14.3. The quantitative estimate of drug-likeness (QED) is 0.214. The summed E-state index contributed by atoms with van der Waals surface area (Å²) >= 11 is 3.43. The van der Waals surface area contributed by atoms with E-state index in [1.807, 2.05) is 60.7 Å². The molecule has 1 fully saturated rings. The van der Waals surface area contributed by atoms with Gasteiger partial charge in [-0.25, -0.2) is 10.3 Å². The Hall–Kier alpha value is -4.43. The van der Waals surface area contributed by atoms with E-state index in [0.717, 1.165) is 26.7 Å². The second-order valence-electron chi connectivity index (χ2n) is 9.95. The Balaban J connectivity index is 1.41. The minimum absolute atomic E-state index is 0.224. The lowest BCUT2D eigenvalue weighted by Crippen LogP contribution is -2.54. The van der Waals surface area contributed by atoms with Gasteiger partial charge in [-0.3, -0.25) is 19.4 Å². The van der Waals surface area contributed by atoms with Gasteiger partial charge in [0.25, 0.3) is 5.91 Å². The Bertz CT molecular complexity index is 1640. The summed E-state index contributed by atoms with van der Waals surface area (Å²) in [5.74, 6) is -2.50. The monoisotopic (exact) mass is 576 g/mol. The molecule has 2 bridgehead atoms. The van der Waals surface area contributed by atoms with Gasteiger partial charge in [0.1, 0.15) is 0 Å². The number of benzene rings is 3. The maximum absolute atomic E-state index is 14.3. The predicted octanol–water partition coefficient (Wildman–Crippen LogP) is 4.81. The molecule has 0 saturated carbocycles. The summed E-state index contributed by atoms with van der Waals surface area (Å²) in [6, 6.07) is 26.4. The number of rotatable bonds is 4. The number of carbonyl (C=O) groups excluding carboxylic acids is 3. The highest BCUT2D eigenvalue weighted by atomic mass is 79.9. The Morgan fingerprint density at radius 2 is 1.56 bits per heavy atom. The number of nitrogens with one attached hydrogen (secondary N) is 1. The van der Waals surface area contributed by atoms with Crippen LogP contribution in [0.2, 0.25) is 0 Å². The van der Waals surface area contributed by atoms with Crippen molar-refractivity contribution in [2.75, 3.05) is 4.90 Å². The van der Waals surface area contributed by atoms with E-state index in [0.29, 0.717) is 11.3 Å². The van der Waals surface area contributed by atoms with Gasteiger partial charge in [0.15, 0.2) is 0 Å². The Labute approximate surface area is 232 Å². The summed E-state index contributed by atoms with van der Waals surface area (Å²) < 4.78 is 0.857. The smallest absolute Gasteiger partial charge is 0.272 e. The summed E-state index contributed by atoms with van der Waals surface area (Å²) in [6.07, 6.45) is 4.71. The number of hydrazone groups is 1. The number of aromatic nitrogens is 1. The molecule has 3 amide bonds. The standard InChI is InChI=1S/C31H21BrN4O3/c32-19-11-13-20(14-12-19)36-29(38)26-25-21-7-1-3-9-23(21)31(27(26)30(36)39,24-10-4-2-8-22(24)25)17-34-35-28(37)18-6-5-15-33-16-18/h1-17,25-27H,(H,35,37)/b34-17+. The minimum atomic E-state index is -1.05. The highest BCUT2D eigenvalue weighted by molar-refractivity contribution is 9.10. The third-order valence-electron chi connectivity index (χ3n) is 8.13. The van der Waals surface area contributed by atoms with Crippen molar-refractivity contribution in [1.82, 2.24) is 10.4 Å². The van der Waals surface area contributed by atoms with Crippen molar-refractivity contribution in [2.24, 2.45) is 16.9 Å². The molecule has 1 saturated heterocycles. The van der Waals surface area contributed by atoms with E-state index in [2.05, 4.69) is 31.4 Å². The van der Waals surface area contributed by atoms with Crippen LogP contribution in [-0.2, 0) is 15.0 Å². The number of amides is 3. The average molecular weight is 577 g/mol. The van der Waals surface area contributed by atoms with E-state index >= 15 is 0 Å². The second kappa shape index (κ2) is 8.81. The molecular formula is C31H21BrN4O3. The van der Waals surface area contributed by atoms with E-state index in [4.69, 9.17) is 0 Å². The van der Waals surface area contributed by atoms with Gasteiger partial charge in [-0.1, -0.05) is 64.5 Å². The zero-order valence-corrected chi connectivity index (χ0v) is 22.1. The highest BCUT2D eigenvalue weighted by Crippen LogP contribution is 2.63. The first-order valence-corrected chi connectivity index (χ1v) is 13.4. The fourth-order valence-electron chi connectivity index (χ4n) is 6.65. The van der Waals surface area contributed by atoms with Crippen LogP contribution in [0.25, 0.3) is 0 Å². The van der Waals surface area contributed by atoms with E-state index < -0.39 is 23.2 Å². The Morgan fingerprint density at radius 1 is 0.897 bits per heavy atom. The van der Waals surface area contributed by atoms with Gasteiger partial charge in [0.2, 0.25) is 11.8 Å². The Morgan fingerprint density at radius 3 is 2.21 bits per heavy atom. The van der Waals surface area contributed by atoms with Crippen LogP contribution in [-0.4, -0.2) is 28.9 Å². The lowest BCUT2D eigenvalue weighted by molar-refractivity contribution is -0.122. The number of pyridine rings is 1. The van der Waals surface area contributed by atoms with E-state index in [9.17, 15) is 14.4 Å². The predicted molar refractivity (Wildman–Crippen MR) is 149 cm³/mol. The first-order chi connectivity index (χ1) is 19.0. The van der Waals surface area contributed by atoms with Crippen molar-refractivity contribution < 1.29 is 14.4 Å². The lowest BCUT2D eigenvalue weighted by Gasteiger charge is -2.52. The normalized spacial score (nSPS) is 24.4. The molecule has 2 atom stereocenters. The molecule has 8 rings (SSSR count). The van der Waals surface area contributed by atoms with Gasteiger partial charge in [0, 0.05) is 29.0 Å². The SMILES string of the molecule is O=C(N/N=C/C12c3ccccc3C(c3ccccc31)C1C(=O)N(c3ccc(Br)cc3)C(=O)C12)c1cccnc1. The summed E-state index contributed by atoms with van der Waals surface area (Å²) in [4.78, 5) is 46.5. The fourth-order valence-corrected chi connectivity index (χ4v) is 6.91. The number of imide groups is 1. The zero-order chi connectivity index (χ0) is 26.7. The largest absolute Gasteiger partial charge is 0.274 e. The van der Waals surface area contributed by atoms with Crippen LogP contribution < -0.4 is 10.3 Å². The number of hydrogen-bond acceptors (Lipinski definition) is 5. The van der Waals surface area contributed by atoms with Gasteiger partial charge >= 0.3 is 0 Å². The zero-order valence-electron chi connectivity index (χ0n) is 20.5. The van der Waals surface area contributed by atoms with E-state index in [1.54, 1.807) is 36.7 Å². The molecule has 1 aliphatic heterocycles. The average Bonchev–Trinajstić information content (AvgIpc) is 3.25. The molecule has 1 aromatic heterocycles. The van der Waals surface area contributed by atoms with Gasteiger partial charge in [-0.15, -0.1) is 0 Å². The molecule has 3 aliphatic carbocycles. The molecule has 8 heteroatoms. The molecule has 0 radical (unpaired) electrons. The number of nitrogens with zero attached hydrogens (tertiary/aromatic N) is 3. The van der Waals surface area contributed by atoms with Crippen LogP contribution in [0, 0.1) is 11.8 Å². The number of halogens is 1. The maximum Gasteiger partial charge on any atom is 0.272 e. The van der Waals surface area contributed by atoms with Crippen molar-refractivity contribution in [3.05, 3.63) is 130 Å². The summed E-state index contributed by atoms with van der Waals surface area (Å²) in [5, 5.41) is 4.43. The van der Waals surface area contributed by atoms with Crippen LogP contribution in [0.1, 0.15) is 38.5 Å². The molecule has 190 valence electrons. The molecule has 3 aromatic carbocycles. The van der Waals surface area contributed by atoms with Crippen LogP contribution in [0.15, 0.2) is 107 Å². The number of anilines is 1. The second-order valence-corrected chi connectivity index (χ2v) is 10.9. The number of hydrogen-bond donors (Lipinski definition) is 1. The summed E-state index contributed by atoms with van der Waals surface area (Å²) in [5.41, 5.74) is 6.32. The van der Waals surface area contributed by atoms with Crippen LogP contribution in [0.4, 0.5) is 5.69 Å². The highest BCUT2D eigenvalue weighted by Gasteiger charge is 2.68. The molecule has 2 heterocycles. The van der Waals surface area contributed by atoms with E-state index in [-0.39, 0.29) is 17.7 Å². The topological polar surface area (TPSA) is 91.7 Å². The van der Waals surface area contributed by atoms with Gasteiger partial charge in [-0.05, 0) is 58.7 Å². The van der Waals surface area contributed by atoms with Gasteiger partial charge in [0.05, 0.1) is 28.5 Å². The molecule has 4 aliphatic rings. The number of carbonyl (C=O) groups is 3. The molecule has 7 nitrogen and oxygen atoms in total. The van der Waals surface area contributed by atoms with Crippen molar-refractivity contribution >= 4 is 45.6 Å². The molecule has 0 spiro atoms. The lowest BCUT2D eigenvalue weighted by atomic mass is 9.47. The third kappa shape index (κ3) is 3.31. The molecule has 39 heavy (non-hydrogen) atoms. The molecule has 4 aromatic rings. The van der Waals surface area contributed by atoms with Crippen molar-refractivity contribution in [3.63, 3.8) is 0 Å². The summed E-state index contributed by atoms with van der Waals surface area (Å²) in [7, 11) is 0. The van der Waals surface area contributed by atoms with Crippen molar-refractivity contribution in [1.29, 1.82) is 0 Å². The summed E-state index contributed by atoms with van der Waals surface area (Å²) in [6.45, 7) is 0. The van der Waals surface area contributed by atoms with E-state index in [1.165, 1.54) is 11.1 Å². The minimum Gasteiger partial charge on any atom is -0.274 e. The van der Waals surface area contributed by atoms with Crippen molar-refractivity contribution in [3.8, 4) is 0 Å². The molecule has 2 unspecified atom stereocenters. The van der Waals surface area contributed by atoms with Crippen LogP contribution >= 0.6 is 15.9 Å². The first-order valence-electron chi connectivity index (χ1n) is 12.6. The first kappa shape index (κ1) is 23.7. The molecular weight excluding hydrogens is 556 g/mol. The van der Waals surface area contributed by atoms with Crippen LogP contribution in [0.3, 0.4) is 0 Å². The Kier molecular flexibility index (Phi) is 5.35. The van der Waals surface area contributed by atoms with Gasteiger partial charge < -0.3 is 0 Å².